The second-order valence-corrected chi connectivity index (χ2v) is 7.80. The highest BCUT2D eigenvalue weighted by atomic mass is 32.2. The first kappa shape index (κ1) is 16.4. The van der Waals surface area contributed by atoms with Crippen LogP contribution in [0.1, 0.15) is 34.5 Å². The third kappa shape index (κ3) is 3.91. The van der Waals surface area contributed by atoms with E-state index in [0.717, 1.165) is 5.75 Å². The van der Waals surface area contributed by atoms with Gasteiger partial charge in [0.1, 0.15) is 5.75 Å². The number of thioether (sulfide) groups is 1. The minimum atomic E-state index is 0.535. The van der Waals surface area contributed by atoms with Gasteiger partial charge in [0, 0.05) is 16.5 Å². The van der Waals surface area contributed by atoms with Crippen LogP contribution in [0.25, 0.3) is 0 Å². The minimum absolute atomic E-state index is 0.535. The molecule has 3 rings (SSSR count). The van der Waals surface area contributed by atoms with Crippen molar-refractivity contribution >= 4 is 11.8 Å². The third-order valence-corrected chi connectivity index (χ3v) is 6.28. The van der Waals surface area contributed by atoms with E-state index in [0.29, 0.717) is 16.5 Å². The van der Waals surface area contributed by atoms with Gasteiger partial charge in [0.05, 0.1) is 7.11 Å². The van der Waals surface area contributed by atoms with E-state index in [1.165, 1.54) is 24.0 Å². The molecule has 3 atom stereocenters. The number of hydrogen-bond acceptors (Lipinski definition) is 3. The molecule has 1 fully saturated rings. The monoisotopic (exact) mass is 327 g/mol. The maximum Gasteiger partial charge on any atom is 0.118 e. The first-order valence-corrected chi connectivity index (χ1v) is 9.12. The van der Waals surface area contributed by atoms with Gasteiger partial charge < -0.3 is 9.64 Å². The number of benzene rings is 2. The van der Waals surface area contributed by atoms with Crippen molar-refractivity contribution in [3.8, 4) is 5.75 Å². The Hall–Kier alpha value is -1.45. The van der Waals surface area contributed by atoms with Gasteiger partial charge in [-0.15, -0.1) is 11.8 Å². The van der Waals surface area contributed by atoms with Crippen molar-refractivity contribution < 1.29 is 4.74 Å². The summed E-state index contributed by atoms with van der Waals surface area (Å²) in [6.45, 7) is 0. The molecule has 1 heterocycles. The van der Waals surface area contributed by atoms with E-state index in [9.17, 15) is 0 Å². The molecule has 0 bridgehead atoms. The Kier molecular flexibility index (Phi) is 5.29. The van der Waals surface area contributed by atoms with E-state index in [1.54, 1.807) is 7.11 Å². The summed E-state index contributed by atoms with van der Waals surface area (Å²) in [5, 5.41) is 1.09. The molecule has 2 nitrogen and oxygen atoms in total. The molecule has 122 valence electrons. The molecule has 1 aliphatic rings. The number of methoxy groups -OCH3 is 1. The number of ether oxygens (including phenoxy) is 1. The third-order valence-electron chi connectivity index (χ3n) is 4.69. The van der Waals surface area contributed by atoms with Crippen molar-refractivity contribution in [1.29, 1.82) is 0 Å². The Bertz CT molecular complexity index is 611. The molecule has 2 aromatic rings. The summed E-state index contributed by atoms with van der Waals surface area (Å²) < 4.78 is 5.29. The van der Waals surface area contributed by atoms with Crippen molar-refractivity contribution in [3.63, 3.8) is 0 Å². The summed E-state index contributed by atoms with van der Waals surface area (Å²) in [4.78, 5) is 2.38. The van der Waals surface area contributed by atoms with Gasteiger partial charge in [0.2, 0.25) is 0 Å². The topological polar surface area (TPSA) is 12.5 Å². The fourth-order valence-electron chi connectivity index (χ4n) is 3.24. The van der Waals surface area contributed by atoms with E-state index in [-0.39, 0.29) is 0 Å². The zero-order valence-electron chi connectivity index (χ0n) is 14.1. The van der Waals surface area contributed by atoms with E-state index >= 15 is 0 Å². The Morgan fingerprint density at radius 3 is 1.96 bits per heavy atom. The lowest BCUT2D eigenvalue weighted by Gasteiger charge is -2.38. The summed E-state index contributed by atoms with van der Waals surface area (Å²) >= 11 is 2.10. The molecular formula is C20H25NOS. The molecule has 3 heteroatoms. The quantitative estimate of drug-likeness (QED) is 0.789. The summed E-state index contributed by atoms with van der Waals surface area (Å²) in [5.41, 5.74) is 2.85. The van der Waals surface area contributed by atoms with Crippen LogP contribution < -0.4 is 4.74 Å². The fraction of sp³-hybridized carbons (Fsp3) is 0.400. The van der Waals surface area contributed by atoms with Gasteiger partial charge in [-0.25, -0.2) is 0 Å². The van der Waals surface area contributed by atoms with Crippen LogP contribution in [0.5, 0.6) is 5.75 Å². The lowest BCUT2D eigenvalue weighted by atomic mass is 9.96. The summed E-state index contributed by atoms with van der Waals surface area (Å²) in [6, 6.07) is 20.1. The molecule has 0 aromatic heterocycles. The normalized spacial score (nSPS) is 24.6. The van der Waals surface area contributed by atoms with Crippen LogP contribution in [-0.4, -0.2) is 32.1 Å². The average Bonchev–Trinajstić information content (AvgIpc) is 2.62. The molecule has 0 amide bonds. The molecule has 0 N–H and O–H groups in total. The van der Waals surface area contributed by atoms with Gasteiger partial charge >= 0.3 is 0 Å². The van der Waals surface area contributed by atoms with Gasteiger partial charge in [0.15, 0.2) is 0 Å². The molecule has 1 saturated heterocycles. The van der Waals surface area contributed by atoms with Gasteiger partial charge in [0.25, 0.3) is 0 Å². The van der Waals surface area contributed by atoms with Gasteiger partial charge in [-0.05, 0) is 50.2 Å². The maximum absolute atomic E-state index is 5.29. The highest BCUT2D eigenvalue weighted by molar-refractivity contribution is 7.99. The minimum Gasteiger partial charge on any atom is -0.497 e. The smallest absolute Gasteiger partial charge is 0.118 e. The Morgan fingerprint density at radius 2 is 1.43 bits per heavy atom. The van der Waals surface area contributed by atoms with E-state index in [4.69, 9.17) is 4.74 Å². The predicted octanol–water partition coefficient (Wildman–Crippen LogP) is 4.93. The fourth-order valence-corrected chi connectivity index (χ4v) is 4.93. The molecule has 2 unspecified atom stereocenters. The predicted molar refractivity (Wildman–Crippen MR) is 99.2 cm³/mol. The number of hydrogen-bond donors (Lipinski definition) is 0. The van der Waals surface area contributed by atoms with Gasteiger partial charge in [-0.2, -0.15) is 0 Å². The second kappa shape index (κ2) is 7.41. The summed E-state index contributed by atoms with van der Waals surface area (Å²) in [7, 11) is 6.12. The van der Waals surface area contributed by atoms with E-state index < -0.39 is 0 Å². The number of nitrogens with zero attached hydrogens (tertiary/aromatic N) is 1. The van der Waals surface area contributed by atoms with Crippen molar-refractivity contribution in [2.45, 2.75) is 29.4 Å². The lowest BCUT2D eigenvalue weighted by molar-refractivity contribution is 0.254. The largest absolute Gasteiger partial charge is 0.497 e. The summed E-state index contributed by atoms with van der Waals surface area (Å²) in [5.74, 6) is 0.929. The van der Waals surface area contributed by atoms with Gasteiger partial charge in [-0.1, -0.05) is 42.5 Å². The molecule has 0 saturated carbocycles. The Balaban J connectivity index is 1.84. The highest BCUT2D eigenvalue weighted by Gasteiger charge is 2.32. The van der Waals surface area contributed by atoms with E-state index in [2.05, 4.69) is 85.4 Å². The van der Waals surface area contributed by atoms with Crippen LogP contribution in [0.3, 0.4) is 0 Å². The van der Waals surface area contributed by atoms with Crippen molar-refractivity contribution in [2.75, 3.05) is 21.2 Å². The summed E-state index contributed by atoms with van der Waals surface area (Å²) in [6.07, 6.45) is 2.42. The molecule has 2 aromatic carbocycles. The van der Waals surface area contributed by atoms with Crippen LogP contribution in [-0.2, 0) is 0 Å². The van der Waals surface area contributed by atoms with Gasteiger partial charge in [-0.3, -0.25) is 0 Å². The average molecular weight is 327 g/mol. The Labute approximate surface area is 143 Å². The molecule has 0 radical (unpaired) electrons. The lowest BCUT2D eigenvalue weighted by Crippen LogP contribution is -2.33. The van der Waals surface area contributed by atoms with Crippen LogP contribution >= 0.6 is 11.8 Å². The van der Waals surface area contributed by atoms with Crippen LogP contribution in [0.15, 0.2) is 54.6 Å². The van der Waals surface area contributed by atoms with Crippen LogP contribution in [0.4, 0.5) is 0 Å². The molecule has 0 aliphatic carbocycles. The Morgan fingerprint density at radius 1 is 0.870 bits per heavy atom. The number of rotatable bonds is 4. The first-order chi connectivity index (χ1) is 11.2. The standard InChI is InChI=1S/C20H25NOS/c1-21(2)17-13-19(15-7-5-4-6-8-15)23-20(14-17)16-9-11-18(22-3)12-10-16/h4-12,17,19-20H,13-14H2,1-3H3/t17-,19?,20?/m1/s1. The maximum atomic E-state index is 5.29. The zero-order valence-corrected chi connectivity index (χ0v) is 14.9. The molecule has 0 spiro atoms. The van der Waals surface area contributed by atoms with Crippen molar-refractivity contribution in [1.82, 2.24) is 4.90 Å². The SMILES string of the molecule is COc1ccc(C2C[C@H](N(C)C)CC(c3ccccc3)S2)cc1. The van der Waals surface area contributed by atoms with Crippen molar-refractivity contribution in [3.05, 3.63) is 65.7 Å². The molecule has 1 aliphatic heterocycles. The van der Waals surface area contributed by atoms with Crippen molar-refractivity contribution in [2.24, 2.45) is 0 Å². The molecule has 23 heavy (non-hydrogen) atoms. The van der Waals surface area contributed by atoms with E-state index in [1.807, 2.05) is 0 Å². The highest BCUT2D eigenvalue weighted by Crippen LogP contribution is 2.50. The molecular weight excluding hydrogens is 302 g/mol. The first-order valence-electron chi connectivity index (χ1n) is 8.18. The van der Waals surface area contributed by atoms with Crippen LogP contribution in [0, 0.1) is 0 Å². The van der Waals surface area contributed by atoms with Crippen LogP contribution in [0.2, 0.25) is 0 Å². The zero-order chi connectivity index (χ0) is 16.2. The second-order valence-electron chi connectivity index (χ2n) is 6.39.